The number of nitrogens with zero attached hydrogens (tertiary/aromatic N) is 2. The quantitative estimate of drug-likeness (QED) is 0.893. The molecule has 3 nitrogen and oxygen atoms in total. The van der Waals surface area contributed by atoms with Crippen molar-refractivity contribution in [3.8, 4) is 11.1 Å². The van der Waals surface area contributed by atoms with Gasteiger partial charge in [-0.3, -0.25) is 4.98 Å². The van der Waals surface area contributed by atoms with Crippen LogP contribution in [-0.4, -0.2) is 18.1 Å². The summed E-state index contributed by atoms with van der Waals surface area (Å²) in [5.74, 6) is 0. The minimum absolute atomic E-state index is 0.750. The first-order valence-electron chi connectivity index (χ1n) is 6.83. The van der Waals surface area contributed by atoms with Gasteiger partial charge >= 0.3 is 0 Å². The lowest BCUT2D eigenvalue weighted by atomic mass is 10.0. The Kier molecular flexibility index (Phi) is 3.36. The molecule has 1 fully saturated rings. The molecule has 3 rings (SSSR count). The zero-order chi connectivity index (χ0) is 13.1. The third-order valence-corrected chi connectivity index (χ3v) is 3.62. The number of pyridine rings is 1. The molecule has 0 spiro atoms. The fraction of sp³-hybridized carbons (Fsp3) is 0.312. The molecule has 0 amide bonds. The van der Waals surface area contributed by atoms with E-state index < -0.39 is 0 Å². The van der Waals surface area contributed by atoms with Crippen LogP contribution < -0.4 is 10.6 Å². The van der Waals surface area contributed by atoms with Gasteiger partial charge in [0.15, 0.2) is 0 Å². The fourth-order valence-corrected chi connectivity index (χ4v) is 2.69. The summed E-state index contributed by atoms with van der Waals surface area (Å²) in [5.41, 5.74) is 10.2. The Morgan fingerprint density at radius 2 is 1.79 bits per heavy atom. The first-order valence-corrected chi connectivity index (χ1v) is 6.83. The molecule has 3 heteroatoms. The summed E-state index contributed by atoms with van der Waals surface area (Å²) in [6.45, 7) is 2.14. The molecule has 1 radical (unpaired) electrons. The van der Waals surface area contributed by atoms with Crippen molar-refractivity contribution in [3.63, 3.8) is 0 Å². The van der Waals surface area contributed by atoms with Crippen molar-refractivity contribution in [1.29, 1.82) is 0 Å². The molecule has 2 N–H and O–H groups in total. The Hall–Kier alpha value is -2.03. The van der Waals surface area contributed by atoms with Crippen LogP contribution in [0.5, 0.6) is 0 Å². The summed E-state index contributed by atoms with van der Waals surface area (Å²) in [6, 6.07) is 10.3. The highest BCUT2D eigenvalue weighted by Crippen LogP contribution is 2.35. The minimum Gasteiger partial charge on any atom is -0.396 e. The predicted octanol–water partition coefficient (Wildman–Crippen LogP) is 3.12. The Morgan fingerprint density at radius 3 is 2.53 bits per heavy atom. The zero-order valence-corrected chi connectivity index (χ0v) is 11.0. The lowest BCUT2D eigenvalue weighted by molar-refractivity contribution is 0.578. The molecular formula is C16H18N3. The molecule has 19 heavy (non-hydrogen) atoms. The molecule has 2 aromatic rings. The topological polar surface area (TPSA) is 42.1 Å². The summed E-state index contributed by atoms with van der Waals surface area (Å²) in [6.07, 6.45) is 8.60. The van der Waals surface area contributed by atoms with E-state index in [4.69, 9.17) is 5.73 Å². The summed E-state index contributed by atoms with van der Waals surface area (Å²) in [4.78, 5) is 6.51. The number of hydrogen-bond acceptors (Lipinski definition) is 3. The standard InChI is InChI=1S/C16H18N3/c17-15-12-18-11-14(13-7-3-1-4-8-13)16(15)19-9-5-2-6-10-19/h1,3-4,7-8,12H,2,5-6,9-10,17H2. The first-order chi connectivity index (χ1) is 9.36. The van der Waals surface area contributed by atoms with E-state index in [0.717, 1.165) is 35.6 Å². The van der Waals surface area contributed by atoms with Crippen LogP contribution in [0.2, 0.25) is 0 Å². The van der Waals surface area contributed by atoms with Crippen LogP contribution in [0.25, 0.3) is 11.1 Å². The second-order valence-corrected chi connectivity index (χ2v) is 4.96. The number of hydrogen-bond donors (Lipinski definition) is 1. The molecule has 1 aliphatic heterocycles. The molecule has 1 saturated heterocycles. The molecule has 0 saturated carbocycles. The number of rotatable bonds is 2. The minimum atomic E-state index is 0.750. The molecule has 0 bridgehead atoms. The van der Waals surface area contributed by atoms with Gasteiger partial charge in [0.05, 0.1) is 23.8 Å². The highest BCUT2D eigenvalue weighted by atomic mass is 15.1. The van der Waals surface area contributed by atoms with Crippen LogP contribution in [0.1, 0.15) is 19.3 Å². The van der Waals surface area contributed by atoms with Crippen molar-refractivity contribution in [1.82, 2.24) is 4.98 Å². The van der Waals surface area contributed by atoms with Gasteiger partial charge in [0, 0.05) is 18.7 Å². The average molecular weight is 252 g/mol. The highest BCUT2D eigenvalue weighted by Gasteiger charge is 2.18. The van der Waals surface area contributed by atoms with Crippen LogP contribution in [0.3, 0.4) is 0 Å². The second kappa shape index (κ2) is 5.31. The maximum Gasteiger partial charge on any atom is 0.0994 e. The lowest BCUT2D eigenvalue weighted by Crippen LogP contribution is -2.30. The molecule has 97 valence electrons. The maximum absolute atomic E-state index is 6.17. The molecule has 0 aliphatic carbocycles. The van der Waals surface area contributed by atoms with Crippen molar-refractivity contribution in [2.24, 2.45) is 0 Å². The van der Waals surface area contributed by atoms with Gasteiger partial charge in [-0.25, -0.2) is 0 Å². The van der Waals surface area contributed by atoms with Gasteiger partial charge in [0.1, 0.15) is 0 Å². The summed E-state index contributed by atoms with van der Waals surface area (Å²) >= 11 is 0. The van der Waals surface area contributed by atoms with Crippen molar-refractivity contribution in [3.05, 3.63) is 42.7 Å². The molecule has 2 heterocycles. The lowest BCUT2D eigenvalue weighted by Gasteiger charge is -2.31. The van der Waals surface area contributed by atoms with Crippen LogP contribution >= 0.6 is 0 Å². The van der Waals surface area contributed by atoms with Gasteiger partial charge in [-0.15, -0.1) is 0 Å². The van der Waals surface area contributed by atoms with Crippen molar-refractivity contribution in [2.75, 3.05) is 23.7 Å². The van der Waals surface area contributed by atoms with E-state index in [9.17, 15) is 0 Å². The van der Waals surface area contributed by atoms with E-state index in [-0.39, 0.29) is 0 Å². The molecular weight excluding hydrogens is 234 g/mol. The SMILES string of the molecule is Nc1cn[c]c(-c2ccccc2)c1N1CCCCC1. The normalized spacial score (nSPS) is 15.5. The van der Waals surface area contributed by atoms with Crippen molar-refractivity contribution in [2.45, 2.75) is 19.3 Å². The first kappa shape index (κ1) is 12.0. The third-order valence-electron chi connectivity index (χ3n) is 3.62. The maximum atomic E-state index is 6.17. The fourth-order valence-electron chi connectivity index (χ4n) is 2.69. The average Bonchev–Trinajstić information content (AvgIpc) is 2.49. The van der Waals surface area contributed by atoms with Crippen LogP contribution in [0.4, 0.5) is 11.4 Å². The molecule has 0 atom stereocenters. The predicted molar refractivity (Wildman–Crippen MR) is 79.0 cm³/mol. The van der Waals surface area contributed by atoms with Gasteiger partial charge in [0.2, 0.25) is 0 Å². The van der Waals surface area contributed by atoms with Crippen LogP contribution in [-0.2, 0) is 0 Å². The zero-order valence-electron chi connectivity index (χ0n) is 11.0. The van der Waals surface area contributed by atoms with E-state index in [2.05, 4.69) is 28.2 Å². The number of nitrogens with two attached hydrogens (primary N) is 1. The summed E-state index contributed by atoms with van der Waals surface area (Å²) in [7, 11) is 0. The number of piperidine rings is 1. The number of benzene rings is 1. The smallest absolute Gasteiger partial charge is 0.0994 e. The van der Waals surface area contributed by atoms with E-state index in [1.165, 1.54) is 19.3 Å². The number of nitrogen functional groups attached to an aromatic ring is 1. The van der Waals surface area contributed by atoms with Gasteiger partial charge in [0.25, 0.3) is 0 Å². The van der Waals surface area contributed by atoms with E-state index in [1.54, 1.807) is 6.20 Å². The number of aromatic nitrogens is 1. The number of anilines is 2. The molecule has 1 aromatic carbocycles. The van der Waals surface area contributed by atoms with E-state index >= 15 is 0 Å². The van der Waals surface area contributed by atoms with Gasteiger partial charge in [-0.2, -0.15) is 0 Å². The monoisotopic (exact) mass is 252 g/mol. The van der Waals surface area contributed by atoms with Crippen molar-refractivity contribution < 1.29 is 0 Å². The van der Waals surface area contributed by atoms with Gasteiger partial charge < -0.3 is 10.6 Å². The highest BCUT2D eigenvalue weighted by molar-refractivity contribution is 5.85. The van der Waals surface area contributed by atoms with Crippen LogP contribution in [0.15, 0.2) is 36.5 Å². The van der Waals surface area contributed by atoms with E-state index in [0.29, 0.717) is 0 Å². The molecule has 1 aromatic heterocycles. The Morgan fingerprint density at radius 1 is 1.05 bits per heavy atom. The third kappa shape index (κ3) is 2.41. The van der Waals surface area contributed by atoms with E-state index in [1.807, 2.05) is 18.2 Å². The Bertz CT molecular complexity index is 545. The van der Waals surface area contributed by atoms with Crippen LogP contribution in [0, 0.1) is 6.20 Å². The Balaban J connectivity index is 2.07. The van der Waals surface area contributed by atoms with Crippen molar-refractivity contribution >= 4 is 11.4 Å². The summed E-state index contributed by atoms with van der Waals surface area (Å²) < 4.78 is 0. The Labute approximate surface area is 114 Å². The van der Waals surface area contributed by atoms with Gasteiger partial charge in [-0.05, 0) is 24.8 Å². The second-order valence-electron chi connectivity index (χ2n) is 4.96. The molecule has 0 unspecified atom stereocenters. The largest absolute Gasteiger partial charge is 0.396 e. The van der Waals surface area contributed by atoms with Gasteiger partial charge in [-0.1, -0.05) is 30.3 Å². The molecule has 1 aliphatic rings. The summed E-state index contributed by atoms with van der Waals surface area (Å²) in [5, 5.41) is 0.